The van der Waals surface area contributed by atoms with Crippen LogP contribution in [-0.2, 0) is 4.79 Å². The molecule has 2 aliphatic carbocycles. The third kappa shape index (κ3) is 4.02. The fourth-order valence-corrected chi connectivity index (χ4v) is 4.06. The summed E-state index contributed by atoms with van der Waals surface area (Å²) in [5, 5.41) is 11.4. The van der Waals surface area contributed by atoms with E-state index < -0.39 is 0 Å². The number of hydrogen-bond acceptors (Lipinski definition) is 4. The normalized spacial score (nSPS) is 20.4. The van der Waals surface area contributed by atoms with Gasteiger partial charge in [0.1, 0.15) is 5.82 Å². The molecule has 1 atom stereocenters. The van der Waals surface area contributed by atoms with Gasteiger partial charge in [0.05, 0.1) is 6.04 Å². The molecule has 1 aromatic heterocycles. The lowest BCUT2D eigenvalue weighted by Crippen LogP contribution is -2.34. The van der Waals surface area contributed by atoms with Gasteiger partial charge >= 0.3 is 0 Å². The molecule has 0 bridgehead atoms. The predicted octanol–water partition coefficient (Wildman–Crippen LogP) is 2.97. The van der Waals surface area contributed by atoms with E-state index in [1.807, 2.05) is 6.92 Å². The van der Waals surface area contributed by atoms with Crippen molar-refractivity contribution < 1.29 is 4.79 Å². The first-order valence-electron chi connectivity index (χ1n) is 9.43. The van der Waals surface area contributed by atoms with Crippen LogP contribution in [-0.4, -0.2) is 21.1 Å². The Morgan fingerprint density at radius 3 is 2.46 bits per heavy atom. The molecule has 2 fully saturated rings. The molecule has 0 aromatic carbocycles. The number of hydrogen-bond donors (Lipinski definition) is 2. The number of aromatic nitrogens is 3. The van der Waals surface area contributed by atoms with Crippen molar-refractivity contribution in [1.29, 1.82) is 0 Å². The molecule has 2 saturated carbocycles. The minimum Gasteiger partial charge on any atom is -0.347 e. The Morgan fingerprint density at radius 1 is 1.17 bits per heavy atom. The molecular weight excluding hydrogens is 304 g/mol. The van der Waals surface area contributed by atoms with Crippen LogP contribution >= 0.6 is 0 Å². The van der Waals surface area contributed by atoms with Crippen molar-refractivity contribution in [3.05, 3.63) is 21.9 Å². The minimum absolute atomic E-state index is 0.0230. The summed E-state index contributed by atoms with van der Waals surface area (Å²) >= 11 is 0. The molecule has 6 nitrogen and oxygen atoms in total. The monoisotopic (exact) mass is 332 g/mol. The summed E-state index contributed by atoms with van der Waals surface area (Å²) in [5.41, 5.74) is 0.124. The molecule has 0 saturated heterocycles. The SMILES string of the molecule is CCC(NC(=O)CC1CCCC1)c1nnc(C2CCCC2)[nH]c1=O. The van der Waals surface area contributed by atoms with Crippen molar-refractivity contribution in [2.45, 2.75) is 83.1 Å². The zero-order valence-corrected chi connectivity index (χ0v) is 14.5. The fraction of sp³-hybridized carbons (Fsp3) is 0.778. The van der Waals surface area contributed by atoms with Gasteiger partial charge in [0, 0.05) is 12.3 Å². The van der Waals surface area contributed by atoms with Gasteiger partial charge in [-0.05, 0) is 38.0 Å². The molecule has 1 heterocycles. The van der Waals surface area contributed by atoms with Crippen LogP contribution < -0.4 is 10.9 Å². The van der Waals surface area contributed by atoms with Gasteiger partial charge in [0.25, 0.3) is 5.56 Å². The Bertz CT molecular complexity index is 616. The molecule has 0 aliphatic heterocycles. The molecular formula is C18H28N4O2. The molecule has 1 amide bonds. The van der Waals surface area contributed by atoms with Gasteiger partial charge in [-0.1, -0.05) is 32.6 Å². The quantitative estimate of drug-likeness (QED) is 0.838. The number of rotatable bonds is 6. The first kappa shape index (κ1) is 17.1. The second-order valence-electron chi connectivity index (χ2n) is 7.29. The molecule has 1 aromatic rings. The van der Waals surface area contributed by atoms with Crippen LogP contribution in [0.3, 0.4) is 0 Å². The minimum atomic E-state index is -0.354. The Hall–Kier alpha value is -1.72. The van der Waals surface area contributed by atoms with E-state index >= 15 is 0 Å². The van der Waals surface area contributed by atoms with Gasteiger partial charge in [0.2, 0.25) is 5.91 Å². The second-order valence-corrected chi connectivity index (χ2v) is 7.29. The lowest BCUT2D eigenvalue weighted by Gasteiger charge is -2.17. The van der Waals surface area contributed by atoms with Crippen molar-refractivity contribution in [3.63, 3.8) is 0 Å². The third-order valence-corrected chi connectivity index (χ3v) is 5.50. The van der Waals surface area contributed by atoms with E-state index in [1.54, 1.807) is 0 Å². The summed E-state index contributed by atoms with van der Waals surface area (Å²) < 4.78 is 0. The van der Waals surface area contributed by atoms with Crippen molar-refractivity contribution in [1.82, 2.24) is 20.5 Å². The van der Waals surface area contributed by atoms with Crippen LogP contribution in [0.25, 0.3) is 0 Å². The van der Waals surface area contributed by atoms with Crippen LogP contribution in [0, 0.1) is 5.92 Å². The summed E-state index contributed by atoms with van der Waals surface area (Å²) in [6.07, 6.45) is 10.4. The van der Waals surface area contributed by atoms with Gasteiger partial charge < -0.3 is 10.3 Å². The van der Waals surface area contributed by atoms with E-state index in [2.05, 4.69) is 20.5 Å². The Morgan fingerprint density at radius 2 is 1.83 bits per heavy atom. The van der Waals surface area contributed by atoms with Crippen LogP contribution in [0.5, 0.6) is 0 Å². The number of aromatic amines is 1. The molecule has 0 radical (unpaired) electrons. The van der Waals surface area contributed by atoms with E-state index in [4.69, 9.17) is 0 Å². The Labute approximate surface area is 142 Å². The first-order valence-corrected chi connectivity index (χ1v) is 9.43. The molecule has 0 spiro atoms. The molecule has 1 unspecified atom stereocenters. The van der Waals surface area contributed by atoms with Gasteiger partial charge in [-0.25, -0.2) is 0 Å². The van der Waals surface area contributed by atoms with Crippen molar-refractivity contribution in [2.75, 3.05) is 0 Å². The number of H-pyrrole nitrogens is 1. The fourth-order valence-electron chi connectivity index (χ4n) is 4.06. The Balaban J connectivity index is 1.65. The lowest BCUT2D eigenvalue weighted by molar-refractivity contribution is -0.122. The Kier molecular flexibility index (Phi) is 5.63. The summed E-state index contributed by atoms with van der Waals surface area (Å²) in [7, 11) is 0. The highest BCUT2D eigenvalue weighted by molar-refractivity contribution is 5.76. The number of nitrogens with one attached hydrogen (secondary N) is 2. The second kappa shape index (κ2) is 7.90. The summed E-state index contributed by atoms with van der Waals surface area (Å²) in [6.45, 7) is 1.95. The van der Waals surface area contributed by atoms with Crippen molar-refractivity contribution in [3.8, 4) is 0 Å². The van der Waals surface area contributed by atoms with E-state index in [1.165, 1.54) is 25.7 Å². The molecule has 2 aliphatic rings. The van der Waals surface area contributed by atoms with Crippen LogP contribution in [0.4, 0.5) is 0 Å². The molecule has 2 N–H and O–H groups in total. The predicted molar refractivity (Wildman–Crippen MR) is 91.6 cm³/mol. The average Bonchev–Trinajstić information content (AvgIpc) is 3.26. The summed E-state index contributed by atoms with van der Waals surface area (Å²) in [6, 6.07) is -0.354. The van der Waals surface area contributed by atoms with E-state index in [0.717, 1.165) is 25.7 Å². The number of carbonyl (C=O) groups excluding carboxylic acids is 1. The van der Waals surface area contributed by atoms with Gasteiger partial charge in [0.15, 0.2) is 5.69 Å². The van der Waals surface area contributed by atoms with Crippen molar-refractivity contribution in [2.24, 2.45) is 5.92 Å². The van der Waals surface area contributed by atoms with Gasteiger partial charge in [-0.15, -0.1) is 10.2 Å². The van der Waals surface area contributed by atoms with Crippen LogP contribution in [0.2, 0.25) is 0 Å². The molecule has 24 heavy (non-hydrogen) atoms. The molecule has 6 heteroatoms. The first-order chi connectivity index (χ1) is 11.7. The molecule has 3 rings (SSSR count). The number of nitrogens with zero attached hydrogens (tertiary/aromatic N) is 2. The van der Waals surface area contributed by atoms with E-state index in [0.29, 0.717) is 36.2 Å². The smallest absolute Gasteiger partial charge is 0.275 e. The number of amides is 1. The standard InChI is InChI=1S/C18H28N4O2/c1-2-14(19-15(23)11-12-7-3-4-8-12)16-18(24)20-17(22-21-16)13-9-5-6-10-13/h12-14H,2-11H2,1H3,(H,19,23)(H,20,22,24). The maximum atomic E-state index is 12.4. The lowest BCUT2D eigenvalue weighted by atomic mass is 10.0. The van der Waals surface area contributed by atoms with Gasteiger partial charge in [-0.3, -0.25) is 9.59 Å². The third-order valence-electron chi connectivity index (χ3n) is 5.50. The maximum Gasteiger partial charge on any atom is 0.275 e. The van der Waals surface area contributed by atoms with E-state index in [-0.39, 0.29) is 17.5 Å². The topological polar surface area (TPSA) is 87.7 Å². The van der Waals surface area contributed by atoms with Crippen LogP contribution in [0.1, 0.15) is 94.6 Å². The molecule has 132 valence electrons. The highest BCUT2D eigenvalue weighted by atomic mass is 16.2. The van der Waals surface area contributed by atoms with Gasteiger partial charge in [-0.2, -0.15) is 0 Å². The highest BCUT2D eigenvalue weighted by Gasteiger charge is 2.24. The number of carbonyl (C=O) groups is 1. The maximum absolute atomic E-state index is 12.4. The van der Waals surface area contributed by atoms with Crippen molar-refractivity contribution >= 4 is 5.91 Å². The van der Waals surface area contributed by atoms with Crippen LogP contribution in [0.15, 0.2) is 4.79 Å². The largest absolute Gasteiger partial charge is 0.347 e. The van der Waals surface area contributed by atoms with E-state index in [9.17, 15) is 9.59 Å². The zero-order chi connectivity index (χ0) is 16.9. The summed E-state index contributed by atoms with van der Waals surface area (Å²) in [5.74, 6) is 1.55. The summed E-state index contributed by atoms with van der Waals surface area (Å²) in [4.78, 5) is 27.6. The zero-order valence-electron chi connectivity index (χ0n) is 14.5. The highest BCUT2D eigenvalue weighted by Crippen LogP contribution is 2.31. The average molecular weight is 332 g/mol.